The Morgan fingerprint density at radius 2 is 2.00 bits per heavy atom. The van der Waals surface area contributed by atoms with E-state index in [-0.39, 0.29) is 17.9 Å². The van der Waals surface area contributed by atoms with Crippen molar-refractivity contribution in [1.82, 2.24) is 16.2 Å². The summed E-state index contributed by atoms with van der Waals surface area (Å²) in [5.74, 6) is 1.27. The summed E-state index contributed by atoms with van der Waals surface area (Å²) in [4.78, 5) is 12.7. The van der Waals surface area contributed by atoms with Crippen LogP contribution in [0, 0.1) is 5.92 Å². The number of amides is 1. The molecule has 3 N–H and O–H groups in total. The molecule has 1 saturated heterocycles. The Balaban J connectivity index is 1.57. The molecule has 3 rings (SSSR count). The van der Waals surface area contributed by atoms with E-state index in [4.69, 9.17) is 9.47 Å². The largest absolute Gasteiger partial charge is 0.493 e. The topological polar surface area (TPSA) is 71.6 Å². The van der Waals surface area contributed by atoms with Crippen LogP contribution < -0.4 is 25.6 Å². The van der Waals surface area contributed by atoms with Crippen molar-refractivity contribution in [1.29, 1.82) is 0 Å². The smallest absolute Gasteiger partial charge is 0.226 e. The summed E-state index contributed by atoms with van der Waals surface area (Å²) in [7, 11) is 3.23. The fraction of sp³-hybridized carbons (Fsp3) is 0.350. The lowest BCUT2D eigenvalue weighted by molar-refractivity contribution is -0.124. The van der Waals surface area contributed by atoms with Crippen LogP contribution >= 0.6 is 15.9 Å². The Morgan fingerprint density at radius 3 is 2.74 bits per heavy atom. The predicted octanol–water partition coefficient (Wildman–Crippen LogP) is 2.59. The third-order valence-electron chi connectivity index (χ3n) is 4.69. The second kappa shape index (κ2) is 9.21. The summed E-state index contributed by atoms with van der Waals surface area (Å²) in [5, 5.41) is 3.05. The zero-order chi connectivity index (χ0) is 19.2. The Labute approximate surface area is 167 Å². The fourth-order valence-electron chi connectivity index (χ4n) is 3.25. The van der Waals surface area contributed by atoms with Crippen LogP contribution in [-0.2, 0) is 11.2 Å². The van der Waals surface area contributed by atoms with E-state index in [0.717, 1.165) is 22.0 Å². The number of hydrogen-bond acceptors (Lipinski definition) is 5. The average Bonchev–Trinajstić information content (AvgIpc) is 3.17. The van der Waals surface area contributed by atoms with Gasteiger partial charge in [0.05, 0.1) is 26.2 Å². The van der Waals surface area contributed by atoms with Crippen LogP contribution in [0.3, 0.4) is 0 Å². The van der Waals surface area contributed by atoms with Crippen LogP contribution in [0.4, 0.5) is 0 Å². The lowest BCUT2D eigenvalue weighted by Crippen LogP contribution is -2.36. The molecule has 2 aromatic carbocycles. The van der Waals surface area contributed by atoms with E-state index in [0.29, 0.717) is 24.6 Å². The minimum atomic E-state index is -0.162. The van der Waals surface area contributed by atoms with E-state index >= 15 is 0 Å². The highest BCUT2D eigenvalue weighted by Gasteiger charge is 2.33. The number of methoxy groups -OCH3 is 2. The number of hydrogen-bond donors (Lipinski definition) is 3. The van der Waals surface area contributed by atoms with E-state index in [1.807, 2.05) is 42.5 Å². The first-order chi connectivity index (χ1) is 13.1. The number of nitrogens with one attached hydrogen (secondary N) is 3. The van der Waals surface area contributed by atoms with Gasteiger partial charge in [0.15, 0.2) is 11.5 Å². The number of halogens is 1. The first-order valence-corrected chi connectivity index (χ1v) is 9.64. The third kappa shape index (κ3) is 4.80. The van der Waals surface area contributed by atoms with Crippen LogP contribution in [0.2, 0.25) is 0 Å². The van der Waals surface area contributed by atoms with Gasteiger partial charge in [-0.05, 0) is 41.8 Å². The van der Waals surface area contributed by atoms with Crippen LogP contribution in [0.25, 0.3) is 0 Å². The second-order valence-corrected chi connectivity index (χ2v) is 7.31. The van der Waals surface area contributed by atoms with Gasteiger partial charge in [0.1, 0.15) is 0 Å². The summed E-state index contributed by atoms with van der Waals surface area (Å²) in [6.45, 7) is 1.16. The van der Waals surface area contributed by atoms with E-state index in [2.05, 4.69) is 32.1 Å². The van der Waals surface area contributed by atoms with Crippen LogP contribution in [0.1, 0.15) is 17.2 Å². The van der Waals surface area contributed by atoms with Gasteiger partial charge in [-0.2, -0.15) is 0 Å². The molecule has 0 aromatic heterocycles. The quantitative estimate of drug-likeness (QED) is 0.625. The molecule has 0 aliphatic carbocycles. The molecule has 1 aliphatic rings. The predicted molar refractivity (Wildman–Crippen MR) is 108 cm³/mol. The fourth-order valence-corrected chi connectivity index (χ4v) is 3.67. The first-order valence-electron chi connectivity index (χ1n) is 8.85. The van der Waals surface area contributed by atoms with Crippen molar-refractivity contribution in [2.75, 3.05) is 27.3 Å². The lowest BCUT2D eigenvalue weighted by Gasteiger charge is -2.19. The molecule has 2 aromatic rings. The number of hydrazine groups is 1. The number of carbonyl (C=O) groups is 1. The maximum absolute atomic E-state index is 12.7. The second-order valence-electron chi connectivity index (χ2n) is 6.39. The molecular formula is C20H24BrN3O3. The summed E-state index contributed by atoms with van der Waals surface area (Å²) in [6.07, 6.45) is 0.723. The molecule has 27 heavy (non-hydrogen) atoms. The lowest BCUT2D eigenvalue weighted by atomic mass is 9.94. The van der Waals surface area contributed by atoms with Gasteiger partial charge < -0.3 is 14.8 Å². The molecule has 1 heterocycles. The molecule has 1 aliphatic heterocycles. The number of rotatable bonds is 7. The molecule has 7 heteroatoms. The zero-order valence-corrected chi connectivity index (χ0v) is 17.0. The number of ether oxygens (including phenoxy) is 2. The Bertz CT molecular complexity index is 800. The molecule has 1 amide bonds. The van der Waals surface area contributed by atoms with E-state index in [9.17, 15) is 4.79 Å². The van der Waals surface area contributed by atoms with Gasteiger partial charge in [0.2, 0.25) is 5.91 Å². The number of carbonyl (C=O) groups excluding carboxylic acids is 1. The standard InChI is InChI=1S/C20H24BrN3O3/c1-26-17-7-6-13(10-18(17)27-2)8-9-22-20(25)16-12-23-24-19(16)14-4-3-5-15(21)11-14/h3-7,10-11,16,19,23-24H,8-9,12H2,1-2H3,(H,22,25). The van der Waals surface area contributed by atoms with Crippen molar-refractivity contribution >= 4 is 21.8 Å². The minimum Gasteiger partial charge on any atom is -0.493 e. The summed E-state index contributed by atoms with van der Waals surface area (Å²) >= 11 is 3.49. The molecule has 0 bridgehead atoms. The van der Waals surface area contributed by atoms with Crippen LogP contribution in [-0.4, -0.2) is 33.2 Å². The molecule has 0 radical (unpaired) electrons. The molecular weight excluding hydrogens is 410 g/mol. The highest BCUT2D eigenvalue weighted by atomic mass is 79.9. The number of benzene rings is 2. The van der Waals surface area contributed by atoms with Gasteiger partial charge in [-0.3, -0.25) is 10.2 Å². The van der Waals surface area contributed by atoms with Crippen LogP contribution in [0.15, 0.2) is 46.9 Å². The third-order valence-corrected chi connectivity index (χ3v) is 5.18. The molecule has 6 nitrogen and oxygen atoms in total. The SMILES string of the molecule is COc1ccc(CCNC(=O)C2CNNC2c2cccc(Br)c2)cc1OC. The van der Waals surface area contributed by atoms with Gasteiger partial charge in [0.25, 0.3) is 0 Å². The van der Waals surface area contributed by atoms with Crippen molar-refractivity contribution in [3.05, 3.63) is 58.1 Å². The maximum Gasteiger partial charge on any atom is 0.226 e. The molecule has 2 atom stereocenters. The normalized spacial score (nSPS) is 18.9. The van der Waals surface area contributed by atoms with E-state index < -0.39 is 0 Å². The van der Waals surface area contributed by atoms with Gasteiger partial charge in [-0.15, -0.1) is 0 Å². The average molecular weight is 434 g/mol. The van der Waals surface area contributed by atoms with Crippen LogP contribution in [0.5, 0.6) is 11.5 Å². The molecule has 2 unspecified atom stereocenters. The molecule has 0 saturated carbocycles. The van der Waals surface area contributed by atoms with E-state index in [1.165, 1.54) is 0 Å². The van der Waals surface area contributed by atoms with Crippen molar-refractivity contribution < 1.29 is 14.3 Å². The van der Waals surface area contributed by atoms with Crippen molar-refractivity contribution in [3.63, 3.8) is 0 Å². The summed E-state index contributed by atoms with van der Waals surface area (Å²) < 4.78 is 11.6. The van der Waals surface area contributed by atoms with Crippen molar-refractivity contribution in [3.8, 4) is 11.5 Å². The zero-order valence-electron chi connectivity index (χ0n) is 15.4. The Hall–Kier alpha value is -2.09. The van der Waals surface area contributed by atoms with Gasteiger partial charge in [-0.25, -0.2) is 5.43 Å². The van der Waals surface area contributed by atoms with Gasteiger partial charge in [-0.1, -0.05) is 34.1 Å². The monoisotopic (exact) mass is 433 g/mol. The van der Waals surface area contributed by atoms with Gasteiger partial charge >= 0.3 is 0 Å². The summed E-state index contributed by atoms with van der Waals surface area (Å²) in [5.41, 5.74) is 8.47. The first kappa shape index (κ1) is 19.7. The highest BCUT2D eigenvalue weighted by molar-refractivity contribution is 9.10. The molecule has 0 spiro atoms. The molecule has 1 fully saturated rings. The maximum atomic E-state index is 12.7. The van der Waals surface area contributed by atoms with Gasteiger partial charge in [0, 0.05) is 17.6 Å². The Kier molecular flexibility index (Phi) is 6.71. The van der Waals surface area contributed by atoms with Crippen molar-refractivity contribution in [2.24, 2.45) is 5.92 Å². The summed E-state index contributed by atoms with van der Waals surface area (Å²) in [6, 6.07) is 13.8. The van der Waals surface area contributed by atoms with Crippen molar-refractivity contribution in [2.45, 2.75) is 12.5 Å². The highest BCUT2D eigenvalue weighted by Crippen LogP contribution is 2.28. The molecule has 144 valence electrons. The van der Waals surface area contributed by atoms with E-state index in [1.54, 1.807) is 14.2 Å². The Morgan fingerprint density at radius 1 is 1.19 bits per heavy atom. The minimum absolute atomic E-state index is 0.0398.